The molecule has 0 aliphatic carbocycles. The van der Waals surface area contributed by atoms with Crippen LogP contribution in [-0.4, -0.2) is 44.0 Å². The monoisotopic (exact) mass is 482 g/mol. The molecule has 0 aliphatic heterocycles. The molecule has 9 heteroatoms. The molecule has 0 spiro atoms. The van der Waals surface area contributed by atoms with Gasteiger partial charge in [0.25, 0.3) is 5.89 Å². The Morgan fingerprint density at radius 1 is 1.09 bits per heavy atom. The predicted octanol–water partition coefficient (Wildman–Crippen LogP) is 5.61. The van der Waals surface area contributed by atoms with Gasteiger partial charge in [-0.15, -0.1) is 31.7 Å². The number of rotatable bonds is 10. The van der Waals surface area contributed by atoms with Crippen LogP contribution in [0.3, 0.4) is 0 Å². The molecule has 33 heavy (non-hydrogen) atoms. The van der Waals surface area contributed by atoms with Crippen molar-refractivity contribution < 1.29 is 4.42 Å². The Bertz CT molecular complexity index is 1180. The van der Waals surface area contributed by atoms with Crippen molar-refractivity contribution in [2.24, 2.45) is 0 Å². The molecule has 0 aliphatic rings. The maximum Gasteiger partial charge on any atom is 0.257 e. The molecule has 0 saturated heterocycles. The van der Waals surface area contributed by atoms with Crippen molar-refractivity contribution in [3.8, 4) is 10.8 Å². The molecule has 0 N–H and O–H groups in total. The van der Waals surface area contributed by atoms with Crippen LogP contribution < -0.4 is 0 Å². The minimum absolute atomic E-state index is 0.195. The third-order valence-corrected chi connectivity index (χ3v) is 7.90. The summed E-state index contributed by atoms with van der Waals surface area (Å²) >= 11 is 3.30. The van der Waals surface area contributed by atoms with Gasteiger partial charge in [0.05, 0.1) is 23.2 Å². The summed E-state index contributed by atoms with van der Waals surface area (Å²) in [7, 11) is 4.16. The summed E-state index contributed by atoms with van der Waals surface area (Å²) in [6.07, 6.45) is 1.97. The maximum absolute atomic E-state index is 5.98. The summed E-state index contributed by atoms with van der Waals surface area (Å²) in [6, 6.07) is 12.7. The van der Waals surface area contributed by atoms with Crippen LogP contribution in [0.15, 0.2) is 46.0 Å². The lowest BCUT2D eigenvalue weighted by atomic mass is 10.2. The number of aromatic nitrogens is 5. The topological polar surface area (TPSA) is 72.9 Å². The average molecular weight is 483 g/mol. The summed E-state index contributed by atoms with van der Waals surface area (Å²) in [4.78, 5) is 4.57. The van der Waals surface area contributed by atoms with E-state index in [0.29, 0.717) is 17.5 Å². The molecule has 174 valence electrons. The number of hydrogen-bond acceptors (Lipinski definition) is 8. The fraction of sp³-hybridized carbons (Fsp3) is 0.417. The van der Waals surface area contributed by atoms with E-state index in [0.717, 1.165) is 35.2 Å². The fourth-order valence-corrected chi connectivity index (χ4v) is 5.68. The van der Waals surface area contributed by atoms with Gasteiger partial charge in [-0.05, 0) is 51.1 Å². The van der Waals surface area contributed by atoms with Gasteiger partial charge in [-0.2, -0.15) is 0 Å². The average Bonchev–Trinajstić information content (AvgIpc) is 3.53. The lowest BCUT2D eigenvalue weighted by molar-refractivity contribution is 0.272. The van der Waals surface area contributed by atoms with E-state index in [1.807, 2.05) is 6.07 Å². The van der Waals surface area contributed by atoms with Crippen LogP contribution in [0.1, 0.15) is 54.0 Å². The van der Waals surface area contributed by atoms with E-state index in [-0.39, 0.29) is 6.04 Å². The summed E-state index contributed by atoms with van der Waals surface area (Å²) in [5.74, 6) is 2.70. The first-order valence-electron chi connectivity index (χ1n) is 11.2. The summed E-state index contributed by atoms with van der Waals surface area (Å²) in [5, 5.41) is 18.5. The van der Waals surface area contributed by atoms with Crippen molar-refractivity contribution in [3.63, 3.8) is 0 Å². The first-order chi connectivity index (χ1) is 16.0. The van der Waals surface area contributed by atoms with Gasteiger partial charge in [0.2, 0.25) is 5.89 Å². The number of hydrogen-bond donors (Lipinski definition) is 0. The van der Waals surface area contributed by atoms with Gasteiger partial charge >= 0.3 is 0 Å². The second kappa shape index (κ2) is 10.6. The lowest BCUT2D eigenvalue weighted by Crippen LogP contribution is -2.23. The zero-order valence-corrected chi connectivity index (χ0v) is 21.4. The minimum atomic E-state index is 0.195. The quantitative estimate of drug-likeness (QED) is 0.272. The van der Waals surface area contributed by atoms with E-state index in [2.05, 4.69) is 95.1 Å². The number of thiophene rings is 1. The number of benzene rings is 1. The molecule has 0 saturated carbocycles. The Balaban J connectivity index is 1.55. The second-order valence-electron chi connectivity index (χ2n) is 8.16. The molecule has 1 atom stereocenters. The van der Waals surface area contributed by atoms with Crippen molar-refractivity contribution in [1.82, 2.24) is 29.9 Å². The summed E-state index contributed by atoms with van der Waals surface area (Å²) in [5.41, 5.74) is 2.49. The molecule has 3 heterocycles. The van der Waals surface area contributed by atoms with Crippen molar-refractivity contribution in [3.05, 3.63) is 64.1 Å². The highest BCUT2D eigenvalue weighted by molar-refractivity contribution is 7.98. The van der Waals surface area contributed by atoms with E-state index < -0.39 is 0 Å². The first kappa shape index (κ1) is 23.7. The van der Waals surface area contributed by atoms with E-state index in [1.54, 1.807) is 23.1 Å². The van der Waals surface area contributed by atoms with Crippen LogP contribution in [0.4, 0.5) is 0 Å². The van der Waals surface area contributed by atoms with Crippen LogP contribution in [0.25, 0.3) is 10.8 Å². The molecule has 0 radical (unpaired) electrons. The fourth-order valence-electron chi connectivity index (χ4n) is 3.86. The zero-order valence-electron chi connectivity index (χ0n) is 19.8. The number of aryl methyl sites for hydroxylation is 2. The van der Waals surface area contributed by atoms with Crippen LogP contribution in [0.2, 0.25) is 0 Å². The van der Waals surface area contributed by atoms with E-state index in [1.165, 1.54) is 16.0 Å². The van der Waals surface area contributed by atoms with Crippen molar-refractivity contribution in [2.45, 2.75) is 57.1 Å². The maximum atomic E-state index is 5.98. The Labute approximate surface area is 203 Å². The van der Waals surface area contributed by atoms with Crippen molar-refractivity contribution >= 4 is 23.1 Å². The minimum Gasteiger partial charge on any atom is -0.419 e. The number of nitrogens with zero attached hydrogens (tertiary/aromatic N) is 6. The Kier molecular flexibility index (Phi) is 7.62. The van der Waals surface area contributed by atoms with Gasteiger partial charge in [0, 0.05) is 4.88 Å². The van der Waals surface area contributed by atoms with Crippen LogP contribution in [-0.2, 0) is 18.7 Å². The molecule has 3 aromatic heterocycles. The highest BCUT2D eigenvalue weighted by Crippen LogP contribution is 2.32. The van der Waals surface area contributed by atoms with Crippen molar-refractivity contribution in [2.75, 3.05) is 14.1 Å². The van der Waals surface area contributed by atoms with Gasteiger partial charge in [-0.3, -0.25) is 4.90 Å². The molecule has 0 bridgehead atoms. The third kappa shape index (κ3) is 5.37. The zero-order chi connectivity index (χ0) is 23.4. The number of thioether (sulfide) groups is 1. The SMILES string of the molecule is CCc1sc(-c2nnc(CSc3nnc([C@H](CC)N(C)C)n3Cc3ccccc3)o2)cc1C. The van der Waals surface area contributed by atoms with Gasteiger partial charge < -0.3 is 8.98 Å². The lowest BCUT2D eigenvalue weighted by Gasteiger charge is -2.23. The largest absolute Gasteiger partial charge is 0.419 e. The molecular formula is C24H30N6OS2. The highest BCUT2D eigenvalue weighted by Gasteiger charge is 2.23. The second-order valence-corrected chi connectivity index (χ2v) is 10.2. The molecule has 0 fully saturated rings. The Hall–Kier alpha value is -2.49. The van der Waals surface area contributed by atoms with Gasteiger partial charge in [-0.25, -0.2) is 0 Å². The van der Waals surface area contributed by atoms with Crippen LogP contribution in [0.5, 0.6) is 0 Å². The predicted molar refractivity (Wildman–Crippen MR) is 134 cm³/mol. The van der Waals surface area contributed by atoms with E-state index in [9.17, 15) is 0 Å². The summed E-state index contributed by atoms with van der Waals surface area (Å²) < 4.78 is 8.19. The molecular weight excluding hydrogens is 452 g/mol. The van der Waals surface area contributed by atoms with E-state index in [4.69, 9.17) is 4.42 Å². The van der Waals surface area contributed by atoms with Gasteiger partial charge in [0.15, 0.2) is 11.0 Å². The molecule has 0 unspecified atom stereocenters. The van der Waals surface area contributed by atoms with Crippen LogP contribution >= 0.6 is 23.1 Å². The smallest absolute Gasteiger partial charge is 0.257 e. The van der Waals surface area contributed by atoms with Crippen LogP contribution in [0, 0.1) is 6.92 Å². The van der Waals surface area contributed by atoms with Gasteiger partial charge in [-0.1, -0.05) is 55.9 Å². The van der Waals surface area contributed by atoms with Crippen molar-refractivity contribution in [1.29, 1.82) is 0 Å². The Morgan fingerprint density at radius 2 is 1.88 bits per heavy atom. The standard InChI is InChI=1S/C24H30N6OS2/c1-6-18(29(4)5)22-26-28-24(30(22)14-17-11-9-8-10-12-17)32-15-21-25-27-23(31-21)20-13-16(3)19(7-2)33-20/h8-13,18H,6-7,14-15H2,1-5H3/t18-/m0/s1. The Morgan fingerprint density at radius 3 is 2.55 bits per heavy atom. The third-order valence-electron chi connectivity index (χ3n) is 5.58. The molecule has 4 aromatic rings. The van der Waals surface area contributed by atoms with E-state index >= 15 is 0 Å². The molecule has 4 rings (SSSR count). The first-order valence-corrected chi connectivity index (χ1v) is 13.0. The highest BCUT2D eigenvalue weighted by atomic mass is 32.2. The molecule has 1 aromatic carbocycles. The molecule has 7 nitrogen and oxygen atoms in total. The van der Waals surface area contributed by atoms with Gasteiger partial charge in [0.1, 0.15) is 0 Å². The molecule has 0 amide bonds. The normalized spacial score (nSPS) is 12.5. The summed E-state index contributed by atoms with van der Waals surface area (Å²) in [6.45, 7) is 7.19.